The fourth-order valence-electron chi connectivity index (χ4n) is 3.40. The van der Waals surface area contributed by atoms with Crippen molar-refractivity contribution in [1.82, 2.24) is 5.32 Å². The highest BCUT2D eigenvalue weighted by molar-refractivity contribution is 7.13. The standard InChI is InChI=1S/C17H18FNOS/c18-14-5-3-11(8-13(14)17-2-1-7-21-17)10-19-15-9-12-4-6-16(15)20-12/h1-3,5,7-8,12,15-16,19H,4,6,9-10H2. The molecular weight excluding hydrogens is 285 g/mol. The molecule has 1 aromatic carbocycles. The number of hydrogen-bond acceptors (Lipinski definition) is 3. The lowest BCUT2D eigenvalue weighted by Crippen LogP contribution is -2.36. The van der Waals surface area contributed by atoms with Gasteiger partial charge in [0.25, 0.3) is 0 Å². The average Bonchev–Trinajstić information content (AvgIpc) is 3.23. The maximum Gasteiger partial charge on any atom is 0.131 e. The number of fused-ring (bicyclic) bond motifs is 2. The zero-order valence-electron chi connectivity index (χ0n) is 11.7. The summed E-state index contributed by atoms with van der Waals surface area (Å²) in [6.45, 7) is 0.774. The third-order valence-electron chi connectivity index (χ3n) is 4.49. The van der Waals surface area contributed by atoms with Gasteiger partial charge in [-0.25, -0.2) is 4.39 Å². The number of nitrogens with one attached hydrogen (secondary N) is 1. The first-order valence-electron chi connectivity index (χ1n) is 7.51. The van der Waals surface area contributed by atoms with Gasteiger partial charge in [0.15, 0.2) is 0 Å². The molecule has 4 heteroatoms. The second-order valence-corrected chi connectivity index (χ2v) is 6.84. The second-order valence-electron chi connectivity index (χ2n) is 5.89. The lowest BCUT2D eigenvalue weighted by Gasteiger charge is -2.20. The number of benzene rings is 1. The Bertz CT molecular complexity index is 628. The molecule has 2 bridgehead atoms. The molecular formula is C17H18FNOS. The van der Waals surface area contributed by atoms with Crippen molar-refractivity contribution in [3.63, 3.8) is 0 Å². The minimum Gasteiger partial charge on any atom is -0.373 e. The summed E-state index contributed by atoms with van der Waals surface area (Å²) in [5, 5.41) is 5.56. The molecule has 2 saturated heterocycles. The lowest BCUT2D eigenvalue weighted by molar-refractivity contribution is 0.0973. The van der Waals surface area contributed by atoms with Crippen LogP contribution in [0.3, 0.4) is 0 Å². The van der Waals surface area contributed by atoms with Gasteiger partial charge < -0.3 is 10.1 Å². The highest BCUT2D eigenvalue weighted by Crippen LogP contribution is 2.34. The van der Waals surface area contributed by atoms with Gasteiger partial charge in [0.2, 0.25) is 0 Å². The van der Waals surface area contributed by atoms with Crippen LogP contribution < -0.4 is 5.32 Å². The zero-order valence-corrected chi connectivity index (χ0v) is 12.5. The molecule has 2 fully saturated rings. The van der Waals surface area contributed by atoms with Crippen molar-refractivity contribution in [1.29, 1.82) is 0 Å². The normalized spacial score (nSPS) is 27.4. The molecule has 0 aliphatic carbocycles. The van der Waals surface area contributed by atoms with Crippen LogP contribution in [0.25, 0.3) is 10.4 Å². The monoisotopic (exact) mass is 303 g/mol. The Morgan fingerprint density at radius 2 is 2.24 bits per heavy atom. The van der Waals surface area contributed by atoms with E-state index in [4.69, 9.17) is 4.74 Å². The van der Waals surface area contributed by atoms with Crippen LogP contribution in [0.2, 0.25) is 0 Å². The van der Waals surface area contributed by atoms with Crippen LogP contribution in [0.1, 0.15) is 24.8 Å². The average molecular weight is 303 g/mol. The summed E-state index contributed by atoms with van der Waals surface area (Å²) in [6.07, 6.45) is 4.34. The molecule has 2 aliphatic heterocycles. The molecule has 0 saturated carbocycles. The predicted molar refractivity (Wildman–Crippen MR) is 82.9 cm³/mol. The summed E-state index contributed by atoms with van der Waals surface area (Å²) < 4.78 is 19.8. The highest BCUT2D eigenvalue weighted by atomic mass is 32.1. The van der Waals surface area contributed by atoms with Crippen LogP contribution in [0.4, 0.5) is 4.39 Å². The summed E-state index contributed by atoms with van der Waals surface area (Å²) in [5.41, 5.74) is 1.83. The largest absolute Gasteiger partial charge is 0.373 e. The van der Waals surface area contributed by atoms with Gasteiger partial charge >= 0.3 is 0 Å². The van der Waals surface area contributed by atoms with Gasteiger partial charge in [-0.15, -0.1) is 11.3 Å². The molecule has 4 rings (SSSR count). The van der Waals surface area contributed by atoms with Crippen molar-refractivity contribution in [2.24, 2.45) is 0 Å². The molecule has 21 heavy (non-hydrogen) atoms. The summed E-state index contributed by atoms with van der Waals surface area (Å²) in [6, 6.07) is 9.78. The van der Waals surface area contributed by atoms with E-state index >= 15 is 0 Å². The van der Waals surface area contributed by atoms with Gasteiger partial charge in [-0.1, -0.05) is 12.1 Å². The van der Waals surface area contributed by atoms with E-state index in [1.807, 2.05) is 29.6 Å². The Hall–Kier alpha value is -1.23. The van der Waals surface area contributed by atoms with E-state index in [0.717, 1.165) is 23.4 Å². The van der Waals surface area contributed by atoms with E-state index in [9.17, 15) is 4.39 Å². The first-order valence-corrected chi connectivity index (χ1v) is 8.39. The van der Waals surface area contributed by atoms with Gasteiger partial charge in [-0.2, -0.15) is 0 Å². The SMILES string of the molecule is Fc1ccc(CNC2CC3CCC2O3)cc1-c1cccs1. The predicted octanol–water partition coefficient (Wildman–Crippen LogP) is 3.96. The van der Waals surface area contributed by atoms with E-state index in [1.165, 1.54) is 12.8 Å². The Morgan fingerprint density at radius 3 is 2.95 bits per heavy atom. The first kappa shape index (κ1) is 13.4. The first-order chi connectivity index (χ1) is 10.3. The van der Waals surface area contributed by atoms with Gasteiger partial charge in [-0.05, 0) is 48.4 Å². The minimum absolute atomic E-state index is 0.149. The lowest BCUT2D eigenvalue weighted by atomic mass is 9.95. The number of thiophene rings is 1. The molecule has 3 atom stereocenters. The van der Waals surface area contributed by atoms with E-state index in [-0.39, 0.29) is 5.82 Å². The highest BCUT2D eigenvalue weighted by Gasteiger charge is 2.40. The van der Waals surface area contributed by atoms with E-state index in [2.05, 4.69) is 5.32 Å². The zero-order chi connectivity index (χ0) is 14.2. The summed E-state index contributed by atoms with van der Waals surface area (Å²) >= 11 is 1.57. The molecule has 3 heterocycles. The van der Waals surface area contributed by atoms with Crippen LogP contribution in [-0.2, 0) is 11.3 Å². The molecule has 2 nitrogen and oxygen atoms in total. The van der Waals surface area contributed by atoms with Crippen LogP contribution >= 0.6 is 11.3 Å². The van der Waals surface area contributed by atoms with Crippen molar-refractivity contribution < 1.29 is 9.13 Å². The second kappa shape index (κ2) is 5.52. The summed E-state index contributed by atoms with van der Waals surface area (Å²) in [7, 11) is 0. The topological polar surface area (TPSA) is 21.3 Å². The van der Waals surface area contributed by atoms with E-state index in [0.29, 0.717) is 23.8 Å². The smallest absolute Gasteiger partial charge is 0.131 e. The molecule has 2 aromatic rings. The van der Waals surface area contributed by atoms with Crippen LogP contribution in [-0.4, -0.2) is 18.2 Å². The van der Waals surface area contributed by atoms with Crippen LogP contribution in [0, 0.1) is 5.82 Å². The summed E-state index contributed by atoms with van der Waals surface area (Å²) in [4.78, 5) is 0.984. The Kier molecular flexibility index (Phi) is 3.53. The van der Waals surface area contributed by atoms with Crippen molar-refractivity contribution >= 4 is 11.3 Å². The Labute approximate surface area is 128 Å². The van der Waals surface area contributed by atoms with Gasteiger partial charge in [-0.3, -0.25) is 0 Å². The Balaban J connectivity index is 1.47. The van der Waals surface area contributed by atoms with E-state index in [1.54, 1.807) is 17.4 Å². The fraction of sp³-hybridized carbons (Fsp3) is 0.412. The third-order valence-corrected chi connectivity index (χ3v) is 5.39. The molecule has 1 N–H and O–H groups in total. The van der Waals surface area contributed by atoms with Crippen LogP contribution in [0.5, 0.6) is 0 Å². The van der Waals surface area contributed by atoms with Crippen molar-refractivity contribution in [3.05, 3.63) is 47.1 Å². The molecule has 2 aliphatic rings. The molecule has 1 aromatic heterocycles. The minimum atomic E-state index is -0.149. The Morgan fingerprint density at radius 1 is 1.29 bits per heavy atom. The van der Waals surface area contributed by atoms with Crippen molar-refractivity contribution in [2.75, 3.05) is 0 Å². The number of ether oxygens (including phenoxy) is 1. The third kappa shape index (κ3) is 2.63. The summed E-state index contributed by atoms with van der Waals surface area (Å²) in [5.74, 6) is -0.149. The number of hydrogen-bond donors (Lipinski definition) is 1. The van der Waals surface area contributed by atoms with E-state index < -0.39 is 0 Å². The molecule has 110 valence electrons. The number of rotatable bonds is 4. The molecule has 0 spiro atoms. The quantitative estimate of drug-likeness (QED) is 0.923. The number of halogens is 1. The van der Waals surface area contributed by atoms with Crippen molar-refractivity contribution in [2.45, 2.75) is 44.1 Å². The fourth-order valence-corrected chi connectivity index (χ4v) is 4.15. The van der Waals surface area contributed by atoms with Gasteiger partial charge in [0, 0.05) is 23.0 Å². The van der Waals surface area contributed by atoms with Gasteiger partial charge in [0.1, 0.15) is 5.82 Å². The maximum absolute atomic E-state index is 14.0. The van der Waals surface area contributed by atoms with Gasteiger partial charge in [0.05, 0.1) is 12.2 Å². The van der Waals surface area contributed by atoms with Crippen molar-refractivity contribution in [3.8, 4) is 10.4 Å². The maximum atomic E-state index is 14.0. The molecule has 0 radical (unpaired) electrons. The molecule has 3 unspecified atom stereocenters. The molecule has 0 amide bonds. The van der Waals surface area contributed by atoms with Crippen LogP contribution in [0.15, 0.2) is 35.7 Å².